The van der Waals surface area contributed by atoms with Crippen molar-refractivity contribution in [2.24, 2.45) is 0 Å². The van der Waals surface area contributed by atoms with Crippen molar-refractivity contribution in [3.8, 4) is 0 Å². The first-order valence-electron chi connectivity index (χ1n) is 5.78. The first kappa shape index (κ1) is 14.7. The van der Waals surface area contributed by atoms with E-state index < -0.39 is 17.5 Å². The van der Waals surface area contributed by atoms with E-state index in [4.69, 9.17) is 9.47 Å². The Balaban J connectivity index is 2.65. The number of nitrogens with zero attached hydrogens (tertiary/aromatic N) is 1. The number of aliphatic carboxylic acids is 1. The van der Waals surface area contributed by atoms with Crippen LogP contribution in [0.15, 0.2) is 0 Å². The van der Waals surface area contributed by atoms with Crippen molar-refractivity contribution in [3.63, 3.8) is 0 Å². The van der Waals surface area contributed by atoms with E-state index in [1.807, 2.05) is 6.92 Å². The van der Waals surface area contributed by atoms with Crippen LogP contribution in [0.1, 0.15) is 13.3 Å². The Hall–Kier alpha value is -1.34. The summed E-state index contributed by atoms with van der Waals surface area (Å²) in [5.41, 5.74) is -1.31. The Morgan fingerprint density at radius 1 is 1.61 bits per heavy atom. The SMILES string of the molecule is COCC(C)N(C)C(=O)NC1(C(=O)O)CCOC1. The molecule has 104 valence electrons. The molecule has 0 radical (unpaired) electrons. The predicted molar refractivity (Wildman–Crippen MR) is 63.4 cm³/mol. The first-order chi connectivity index (χ1) is 8.43. The van der Waals surface area contributed by atoms with E-state index in [-0.39, 0.29) is 19.1 Å². The highest BCUT2D eigenvalue weighted by Crippen LogP contribution is 2.19. The number of amides is 2. The van der Waals surface area contributed by atoms with Crippen molar-refractivity contribution in [2.45, 2.75) is 24.9 Å². The van der Waals surface area contributed by atoms with Crippen molar-refractivity contribution in [3.05, 3.63) is 0 Å². The molecular weight excluding hydrogens is 240 g/mol. The van der Waals surface area contributed by atoms with Gasteiger partial charge in [-0.1, -0.05) is 0 Å². The lowest BCUT2D eigenvalue weighted by molar-refractivity contribution is -0.144. The molecule has 1 heterocycles. The van der Waals surface area contributed by atoms with Crippen LogP contribution >= 0.6 is 0 Å². The highest BCUT2D eigenvalue weighted by atomic mass is 16.5. The molecular formula is C11H20N2O5. The molecule has 1 aliphatic heterocycles. The van der Waals surface area contributed by atoms with Crippen LogP contribution < -0.4 is 5.32 Å². The van der Waals surface area contributed by atoms with Gasteiger partial charge in [-0.25, -0.2) is 9.59 Å². The van der Waals surface area contributed by atoms with Gasteiger partial charge in [-0.2, -0.15) is 0 Å². The second-order valence-corrected chi connectivity index (χ2v) is 4.54. The van der Waals surface area contributed by atoms with Crippen LogP contribution in [-0.2, 0) is 14.3 Å². The van der Waals surface area contributed by atoms with Gasteiger partial charge < -0.3 is 24.8 Å². The van der Waals surface area contributed by atoms with Crippen LogP contribution in [0.3, 0.4) is 0 Å². The molecule has 2 amide bonds. The number of hydrogen-bond acceptors (Lipinski definition) is 4. The van der Waals surface area contributed by atoms with Gasteiger partial charge in [0, 0.05) is 27.2 Å². The molecule has 0 aromatic heterocycles. The number of carboxylic acids is 1. The summed E-state index contributed by atoms with van der Waals surface area (Å²) in [7, 11) is 3.15. The number of carbonyl (C=O) groups is 2. The van der Waals surface area contributed by atoms with Crippen LogP contribution in [0.5, 0.6) is 0 Å². The Bertz CT molecular complexity index is 315. The molecule has 0 aromatic rings. The van der Waals surface area contributed by atoms with Crippen molar-refractivity contribution >= 4 is 12.0 Å². The molecule has 0 aliphatic carbocycles. The topological polar surface area (TPSA) is 88.1 Å². The minimum atomic E-state index is -1.31. The van der Waals surface area contributed by atoms with E-state index in [0.717, 1.165) is 0 Å². The number of ether oxygens (including phenoxy) is 2. The largest absolute Gasteiger partial charge is 0.479 e. The number of urea groups is 1. The molecule has 2 atom stereocenters. The minimum absolute atomic E-state index is 0.000568. The van der Waals surface area contributed by atoms with E-state index in [9.17, 15) is 14.7 Å². The average molecular weight is 260 g/mol. The van der Waals surface area contributed by atoms with Gasteiger partial charge in [0.1, 0.15) is 0 Å². The van der Waals surface area contributed by atoms with E-state index >= 15 is 0 Å². The highest BCUT2D eigenvalue weighted by molar-refractivity contribution is 5.86. The van der Waals surface area contributed by atoms with Crippen LogP contribution in [0.2, 0.25) is 0 Å². The standard InChI is InChI=1S/C11H20N2O5/c1-8(6-17-3)13(2)10(16)12-11(9(14)15)4-5-18-7-11/h8H,4-7H2,1-3H3,(H,12,16)(H,14,15). The number of nitrogens with one attached hydrogen (secondary N) is 1. The Kier molecular flexibility index (Phi) is 4.92. The van der Waals surface area contributed by atoms with Crippen molar-refractivity contribution in [1.29, 1.82) is 0 Å². The lowest BCUT2D eigenvalue weighted by atomic mass is 9.99. The molecule has 1 aliphatic rings. The number of rotatable bonds is 5. The molecule has 0 saturated carbocycles. The molecule has 0 aromatic carbocycles. The van der Waals surface area contributed by atoms with Gasteiger partial charge in [-0.15, -0.1) is 0 Å². The predicted octanol–water partition coefficient (Wildman–Crippen LogP) is -0.0936. The Morgan fingerprint density at radius 2 is 2.28 bits per heavy atom. The van der Waals surface area contributed by atoms with Crippen LogP contribution in [0, 0.1) is 0 Å². The normalized spacial score (nSPS) is 24.6. The number of carboxylic acid groups (broad SMARTS) is 1. The third kappa shape index (κ3) is 3.11. The lowest BCUT2D eigenvalue weighted by Crippen LogP contribution is -2.59. The van der Waals surface area contributed by atoms with Gasteiger partial charge in [0.15, 0.2) is 5.54 Å². The summed E-state index contributed by atoms with van der Waals surface area (Å²) in [6.07, 6.45) is 0.278. The first-order valence-corrected chi connectivity index (χ1v) is 5.78. The monoisotopic (exact) mass is 260 g/mol. The fraction of sp³-hybridized carbons (Fsp3) is 0.818. The van der Waals surface area contributed by atoms with Crippen LogP contribution in [0.25, 0.3) is 0 Å². The third-order valence-corrected chi connectivity index (χ3v) is 3.17. The van der Waals surface area contributed by atoms with Crippen molar-refractivity contribution in [2.75, 3.05) is 34.0 Å². The van der Waals surface area contributed by atoms with E-state index in [2.05, 4.69) is 5.32 Å². The van der Waals surface area contributed by atoms with Gasteiger partial charge in [0.25, 0.3) is 0 Å². The van der Waals surface area contributed by atoms with Crippen molar-refractivity contribution in [1.82, 2.24) is 10.2 Å². The van der Waals surface area contributed by atoms with Gasteiger partial charge >= 0.3 is 12.0 Å². The maximum Gasteiger partial charge on any atom is 0.332 e. The molecule has 18 heavy (non-hydrogen) atoms. The number of carbonyl (C=O) groups excluding carboxylic acids is 1. The summed E-state index contributed by atoms with van der Waals surface area (Å²) in [6.45, 7) is 2.55. The zero-order valence-corrected chi connectivity index (χ0v) is 10.9. The second kappa shape index (κ2) is 6.01. The molecule has 0 spiro atoms. The van der Waals surface area contributed by atoms with Crippen LogP contribution in [0.4, 0.5) is 4.79 Å². The zero-order chi connectivity index (χ0) is 13.8. The second-order valence-electron chi connectivity index (χ2n) is 4.54. The van der Waals surface area contributed by atoms with Crippen molar-refractivity contribution < 1.29 is 24.2 Å². The third-order valence-electron chi connectivity index (χ3n) is 3.17. The summed E-state index contributed by atoms with van der Waals surface area (Å²) in [6, 6.07) is -0.574. The summed E-state index contributed by atoms with van der Waals surface area (Å²) in [5, 5.41) is 11.7. The molecule has 1 fully saturated rings. The average Bonchev–Trinajstić information content (AvgIpc) is 2.78. The number of methoxy groups -OCH3 is 1. The molecule has 7 heteroatoms. The fourth-order valence-electron chi connectivity index (χ4n) is 1.73. The minimum Gasteiger partial charge on any atom is -0.479 e. The number of hydrogen-bond donors (Lipinski definition) is 2. The quantitative estimate of drug-likeness (QED) is 0.721. The highest BCUT2D eigenvalue weighted by Gasteiger charge is 2.44. The smallest absolute Gasteiger partial charge is 0.332 e. The van der Waals surface area contributed by atoms with Gasteiger partial charge in [0.2, 0.25) is 0 Å². The van der Waals surface area contributed by atoms with Crippen LogP contribution in [-0.4, -0.2) is 67.6 Å². The molecule has 7 nitrogen and oxygen atoms in total. The summed E-state index contributed by atoms with van der Waals surface area (Å²) in [5.74, 6) is -1.07. The van der Waals surface area contributed by atoms with Gasteiger partial charge in [0.05, 0.1) is 19.3 Å². The molecule has 0 bridgehead atoms. The maximum atomic E-state index is 12.0. The number of likely N-dealkylation sites (N-methyl/N-ethyl adjacent to an activating group) is 1. The lowest BCUT2D eigenvalue weighted by Gasteiger charge is -2.30. The maximum absolute atomic E-state index is 12.0. The molecule has 1 rings (SSSR count). The zero-order valence-electron chi connectivity index (χ0n) is 10.9. The molecule has 2 N–H and O–H groups in total. The molecule has 2 unspecified atom stereocenters. The van der Waals surface area contributed by atoms with Gasteiger partial charge in [-0.05, 0) is 6.92 Å². The van der Waals surface area contributed by atoms with E-state index in [1.54, 1.807) is 14.2 Å². The summed E-state index contributed by atoms with van der Waals surface area (Å²) >= 11 is 0. The fourth-order valence-corrected chi connectivity index (χ4v) is 1.73. The Labute approximate surface area is 106 Å². The van der Waals surface area contributed by atoms with E-state index in [0.29, 0.717) is 13.2 Å². The van der Waals surface area contributed by atoms with E-state index in [1.165, 1.54) is 4.90 Å². The summed E-state index contributed by atoms with van der Waals surface area (Å²) in [4.78, 5) is 24.6. The Morgan fingerprint density at radius 3 is 2.72 bits per heavy atom. The summed E-state index contributed by atoms with van der Waals surface area (Å²) < 4.78 is 10.0. The van der Waals surface area contributed by atoms with Gasteiger partial charge in [-0.3, -0.25) is 0 Å². The molecule has 1 saturated heterocycles.